The highest BCUT2D eigenvalue weighted by atomic mass is 16.3. The van der Waals surface area contributed by atoms with E-state index in [1.54, 1.807) is 6.26 Å². The maximum Gasteiger partial charge on any atom is 0.134 e. The third kappa shape index (κ3) is 1.72. The minimum Gasteiger partial charge on any atom is -0.464 e. The zero-order valence-electron chi connectivity index (χ0n) is 8.89. The van der Waals surface area contributed by atoms with E-state index in [-0.39, 0.29) is 0 Å². The first-order chi connectivity index (χ1) is 7.92. The van der Waals surface area contributed by atoms with Gasteiger partial charge in [-0.3, -0.25) is 0 Å². The Balaban J connectivity index is 1.94. The Labute approximate surface area is 94.3 Å². The Morgan fingerprint density at radius 1 is 0.812 bits per heavy atom. The van der Waals surface area contributed by atoms with Gasteiger partial charge in [0.25, 0.3) is 0 Å². The van der Waals surface area contributed by atoms with Crippen molar-refractivity contribution in [1.82, 2.24) is 0 Å². The van der Waals surface area contributed by atoms with Crippen molar-refractivity contribution in [3.63, 3.8) is 0 Å². The fourth-order valence-electron chi connectivity index (χ4n) is 1.94. The molecule has 3 aromatic rings. The number of hydrogen-bond acceptors (Lipinski definition) is 1. The first-order valence-corrected chi connectivity index (χ1v) is 5.42. The van der Waals surface area contributed by atoms with Gasteiger partial charge in [-0.15, -0.1) is 0 Å². The molecule has 0 saturated heterocycles. The van der Waals surface area contributed by atoms with Gasteiger partial charge in [0.1, 0.15) is 5.58 Å². The molecule has 0 amide bonds. The van der Waals surface area contributed by atoms with Crippen LogP contribution in [-0.2, 0) is 6.42 Å². The Kier molecular flexibility index (Phi) is 2.22. The standard InChI is InChI=1S/C15H12O/c1-2-4-12(5-3-1)10-13-6-7-14-8-9-16-15(14)11-13/h1-9,11H,10H2. The lowest BCUT2D eigenvalue weighted by Crippen LogP contribution is -1.86. The zero-order valence-corrected chi connectivity index (χ0v) is 8.89. The molecule has 1 nitrogen and oxygen atoms in total. The van der Waals surface area contributed by atoms with E-state index >= 15 is 0 Å². The van der Waals surface area contributed by atoms with Crippen molar-refractivity contribution in [1.29, 1.82) is 0 Å². The van der Waals surface area contributed by atoms with E-state index in [4.69, 9.17) is 4.42 Å². The van der Waals surface area contributed by atoms with E-state index in [2.05, 4.69) is 42.5 Å². The number of rotatable bonds is 2. The van der Waals surface area contributed by atoms with Crippen molar-refractivity contribution >= 4 is 11.0 Å². The number of benzene rings is 2. The van der Waals surface area contributed by atoms with E-state index in [1.165, 1.54) is 11.1 Å². The van der Waals surface area contributed by atoms with Crippen LogP contribution in [0.2, 0.25) is 0 Å². The lowest BCUT2D eigenvalue weighted by Gasteiger charge is -2.01. The molecule has 1 heteroatoms. The first kappa shape index (κ1) is 9.22. The summed E-state index contributed by atoms with van der Waals surface area (Å²) in [5, 5.41) is 1.16. The maximum atomic E-state index is 5.40. The molecule has 0 aliphatic heterocycles. The minimum atomic E-state index is 0.956. The fourth-order valence-corrected chi connectivity index (χ4v) is 1.94. The molecular weight excluding hydrogens is 196 g/mol. The average Bonchev–Trinajstić information content (AvgIpc) is 2.77. The molecule has 1 heterocycles. The summed E-state index contributed by atoms with van der Waals surface area (Å²) < 4.78 is 5.40. The first-order valence-electron chi connectivity index (χ1n) is 5.42. The summed E-state index contributed by atoms with van der Waals surface area (Å²) >= 11 is 0. The molecule has 0 fully saturated rings. The molecule has 0 saturated carbocycles. The lowest BCUT2D eigenvalue weighted by atomic mass is 10.0. The summed E-state index contributed by atoms with van der Waals surface area (Å²) in [6.07, 6.45) is 2.69. The van der Waals surface area contributed by atoms with Crippen LogP contribution in [-0.4, -0.2) is 0 Å². The van der Waals surface area contributed by atoms with Crippen LogP contribution in [0.3, 0.4) is 0 Å². The summed E-state index contributed by atoms with van der Waals surface area (Å²) in [5.41, 5.74) is 3.58. The molecule has 2 aromatic carbocycles. The van der Waals surface area contributed by atoms with Crippen molar-refractivity contribution in [3.05, 3.63) is 72.0 Å². The molecule has 0 unspecified atom stereocenters. The molecule has 0 spiro atoms. The van der Waals surface area contributed by atoms with Crippen LogP contribution in [0.15, 0.2) is 65.3 Å². The second kappa shape index (κ2) is 3.86. The monoisotopic (exact) mass is 208 g/mol. The number of furan rings is 1. The Morgan fingerprint density at radius 3 is 2.56 bits per heavy atom. The summed E-state index contributed by atoms with van der Waals surface area (Å²) in [6, 6.07) is 18.8. The van der Waals surface area contributed by atoms with Crippen molar-refractivity contribution in [2.75, 3.05) is 0 Å². The van der Waals surface area contributed by atoms with Crippen LogP contribution in [0.4, 0.5) is 0 Å². The molecule has 0 atom stereocenters. The molecule has 16 heavy (non-hydrogen) atoms. The smallest absolute Gasteiger partial charge is 0.134 e. The summed E-state index contributed by atoms with van der Waals surface area (Å²) in [5.74, 6) is 0. The van der Waals surface area contributed by atoms with E-state index in [0.29, 0.717) is 0 Å². The van der Waals surface area contributed by atoms with Crippen molar-refractivity contribution in [3.8, 4) is 0 Å². The second-order valence-electron chi connectivity index (χ2n) is 3.96. The SMILES string of the molecule is c1ccc(Cc2ccc3ccoc3c2)cc1. The highest BCUT2D eigenvalue weighted by Gasteiger charge is 2.00. The topological polar surface area (TPSA) is 13.1 Å². The van der Waals surface area contributed by atoms with Crippen molar-refractivity contribution < 1.29 is 4.42 Å². The Hall–Kier alpha value is -2.02. The summed E-state index contributed by atoms with van der Waals surface area (Å²) in [4.78, 5) is 0. The van der Waals surface area contributed by atoms with Gasteiger partial charge in [-0.25, -0.2) is 0 Å². The number of fused-ring (bicyclic) bond motifs is 1. The third-order valence-electron chi connectivity index (χ3n) is 2.77. The summed E-state index contributed by atoms with van der Waals surface area (Å²) in [6.45, 7) is 0. The quantitative estimate of drug-likeness (QED) is 0.619. The normalized spacial score (nSPS) is 10.8. The van der Waals surface area contributed by atoms with Crippen molar-refractivity contribution in [2.45, 2.75) is 6.42 Å². The maximum absolute atomic E-state index is 5.40. The molecule has 0 aliphatic rings. The molecule has 0 aliphatic carbocycles. The van der Waals surface area contributed by atoms with Crippen LogP contribution < -0.4 is 0 Å². The second-order valence-corrected chi connectivity index (χ2v) is 3.96. The average molecular weight is 208 g/mol. The van der Waals surface area contributed by atoms with Gasteiger partial charge >= 0.3 is 0 Å². The lowest BCUT2D eigenvalue weighted by molar-refractivity contribution is 0.615. The van der Waals surface area contributed by atoms with Gasteiger partial charge in [-0.2, -0.15) is 0 Å². The van der Waals surface area contributed by atoms with Crippen molar-refractivity contribution in [2.24, 2.45) is 0 Å². The molecule has 0 radical (unpaired) electrons. The molecule has 0 N–H and O–H groups in total. The van der Waals surface area contributed by atoms with Gasteiger partial charge in [0.05, 0.1) is 6.26 Å². The van der Waals surface area contributed by atoms with Crippen LogP contribution in [0, 0.1) is 0 Å². The summed E-state index contributed by atoms with van der Waals surface area (Å²) in [7, 11) is 0. The molecule has 78 valence electrons. The highest BCUT2D eigenvalue weighted by Crippen LogP contribution is 2.18. The van der Waals surface area contributed by atoms with Crippen LogP contribution in [0.5, 0.6) is 0 Å². The van der Waals surface area contributed by atoms with E-state index < -0.39 is 0 Å². The molecule has 3 rings (SSSR count). The zero-order chi connectivity index (χ0) is 10.8. The van der Waals surface area contributed by atoms with Gasteiger partial charge in [0, 0.05) is 5.39 Å². The van der Waals surface area contributed by atoms with Crippen LogP contribution in [0.25, 0.3) is 11.0 Å². The number of hydrogen-bond donors (Lipinski definition) is 0. The molecule has 0 bridgehead atoms. The van der Waals surface area contributed by atoms with Gasteiger partial charge < -0.3 is 4.42 Å². The highest BCUT2D eigenvalue weighted by molar-refractivity contribution is 5.77. The van der Waals surface area contributed by atoms with Gasteiger partial charge in [-0.1, -0.05) is 42.5 Å². The fraction of sp³-hybridized carbons (Fsp3) is 0.0667. The Morgan fingerprint density at radius 2 is 1.69 bits per heavy atom. The van der Waals surface area contributed by atoms with Gasteiger partial charge in [-0.05, 0) is 29.7 Å². The van der Waals surface area contributed by atoms with E-state index in [9.17, 15) is 0 Å². The largest absolute Gasteiger partial charge is 0.464 e. The van der Waals surface area contributed by atoms with Gasteiger partial charge in [0.15, 0.2) is 0 Å². The predicted molar refractivity (Wildman–Crippen MR) is 65.5 cm³/mol. The molecular formula is C15H12O. The van der Waals surface area contributed by atoms with Crippen LogP contribution in [0.1, 0.15) is 11.1 Å². The van der Waals surface area contributed by atoms with E-state index in [1.807, 2.05) is 12.1 Å². The Bertz CT molecular complexity index is 593. The predicted octanol–water partition coefficient (Wildman–Crippen LogP) is 4.02. The third-order valence-corrected chi connectivity index (χ3v) is 2.77. The van der Waals surface area contributed by atoms with E-state index in [0.717, 1.165) is 17.4 Å². The minimum absolute atomic E-state index is 0.956. The molecule has 1 aromatic heterocycles. The van der Waals surface area contributed by atoms with Crippen LogP contribution >= 0.6 is 0 Å². The van der Waals surface area contributed by atoms with Gasteiger partial charge in [0.2, 0.25) is 0 Å².